The van der Waals surface area contributed by atoms with E-state index in [9.17, 15) is 4.39 Å². The zero-order chi connectivity index (χ0) is 13.8. The molecule has 0 saturated carbocycles. The summed E-state index contributed by atoms with van der Waals surface area (Å²) in [5.74, 6) is 0.926. The Bertz CT molecular complexity index is 595. The summed E-state index contributed by atoms with van der Waals surface area (Å²) >= 11 is 6.44. The minimum Gasteiger partial charge on any atom is -0.438 e. The van der Waals surface area contributed by atoms with E-state index in [0.717, 1.165) is 6.54 Å². The maximum absolute atomic E-state index is 13.4. The third-order valence-corrected chi connectivity index (χ3v) is 3.57. The number of nitrogens with zero attached hydrogens (tertiary/aromatic N) is 2. The summed E-state index contributed by atoms with van der Waals surface area (Å²) in [5.41, 5.74) is 0. The van der Waals surface area contributed by atoms with E-state index in [1.54, 1.807) is 12.1 Å². The second-order valence-corrected chi connectivity index (χ2v) is 5.20. The molecule has 1 aromatic heterocycles. The van der Waals surface area contributed by atoms with Crippen LogP contribution in [0.1, 0.15) is 6.92 Å². The number of aromatic nitrogens is 2. The van der Waals surface area contributed by atoms with Gasteiger partial charge in [0.1, 0.15) is 28.2 Å². The highest BCUT2D eigenvalue weighted by Gasteiger charge is 2.11. The molecule has 0 unspecified atom stereocenters. The third kappa shape index (κ3) is 3.42. The molecule has 4 nitrogen and oxygen atoms in total. The summed E-state index contributed by atoms with van der Waals surface area (Å²) in [6, 6.07) is 4.51. The standard InChI is InChI=1S/C12H10Br2FN3O/c1-2-16-11-10(14)12(18-6-17-11)19-7-3-4-8(13)9(15)5-7/h3-6H,2H2,1H3,(H,16,17,18). The fourth-order valence-corrected chi connectivity index (χ4v) is 2.04. The highest BCUT2D eigenvalue weighted by Crippen LogP contribution is 2.32. The van der Waals surface area contributed by atoms with Crippen LogP contribution in [0.5, 0.6) is 11.6 Å². The first-order valence-electron chi connectivity index (χ1n) is 5.49. The molecule has 7 heteroatoms. The molecule has 1 N–H and O–H groups in total. The van der Waals surface area contributed by atoms with Gasteiger partial charge in [0.15, 0.2) is 0 Å². The van der Waals surface area contributed by atoms with E-state index in [4.69, 9.17) is 4.74 Å². The fourth-order valence-electron chi connectivity index (χ4n) is 1.37. The SMILES string of the molecule is CCNc1ncnc(Oc2ccc(Br)c(F)c2)c1Br. The van der Waals surface area contributed by atoms with E-state index in [0.29, 0.717) is 26.4 Å². The average Bonchev–Trinajstić information content (AvgIpc) is 2.39. The van der Waals surface area contributed by atoms with Crippen molar-refractivity contribution >= 4 is 37.7 Å². The van der Waals surface area contributed by atoms with Crippen LogP contribution < -0.4 is 10.1 Å². The minimum atomic E-state index is -0.394. The molecule has 2 rings (SSSR count). The molecule has 1 heterocycles. The Morgan fingerprint density at radius 2 is 2.11 bits per heavy atom. The number of rotatable bonds is 4. The Morgan fingerprint density at radius 3 is 2.79 bits per heavy atom. The van der Waals surface area contributed by atoms with Crippen molar-refractivity contribution in [3.8, 4) is 11.6 Å². The molecule has 0 amide bonds. The molecule has 0 bridgehead atoms. The fraction of sp³-hybridized carbons (Fsp3) is 0.167. The van der Waals surface area contributed by atoms with Crippen molar-refractivity contribution in [2.45, 2.75) is 6.92 Å². The number of benzene rings is 1. The van der Waals surface area contributed by atoms with Crippen molar-refractivity contribution in [3.05, 3.63) is 39.3 Å². The second-order valence-electron chi connectivity index (χ2n) is 3.55. The van der Waals surface area contributed by atoms with E-state index < -0.39 is 5.82 Å². The number of anilines is 1. The molecule has 0 spiro atoms. The van der Waals surface area contributed by atoms with E-state index in [-0.39, 0.29) is 0 Å². The predicted molar refractivity (Wildman–Crippen MR) is 78.1 cm³/mol. The number of hydrogen-bond acceptors (Lipinski definition) is 4. The summed E-state index contributed by atoms with van der Waals surface area (Å²) in [4.78, 5) is 8.09. The van der Waals surface area contributed by atoms with Crippen LogP contribution in [-0.2, 0) is 0 Å². The van der Waals surface area contributed by atoms with E-state index in [1.165, 1.54) is 12.4 Å². The number of ether oxygens (including phenoxy) is 1. The normalized spacial score (nSPS) is 10.3. The van der Waals surface area contributed by atoms with Crippen LogP contribution in [0.2, 0.25) is 0 Å². The highest BCUT2D eigenvalue weighted by atomic mass is 79.9. The van der Waals surface area contributed by atoms with Gasteiger partial charge in [0.25, 0.3) is 0 Å². The Balaban J connectivity index is 2.27. The van der Waals surface area contributed by atoms with Crippen molar-refractivity contribution in [2.24, 2.45) is 0 Å². The smallest absolute Gasteiger partial charge is 0.238 e. The number of hydrogen-bond donors (Lipinski definition) is 1. The van der Waals surface area contributed by atoms with Crippen molar-refractivity contribution in [2.75, 3.05) is 11.9 Å². The Labute approximate surface area is 126 Å². The molecule has 0 aliphatic heterocycles. The van der Waals surface area contributed by atoms with Gasteiger partial charge in [0.2, 0.25) is 5.88 Å². The first-order chi connectivity index (χ1) is 9.11. The van der Waals surface area contributed by atoms with Crippen LogP contribution in [0.4, 0.5) is 10.2 Å². The molecular weight excluding hydrogens is 381 g/mol. The first-order valence-corrected chi connectivity index (χ1v) is 7.07. The quantitative estimate of drug-likeness (QED) is 0.842. The summed E-state index contributed by atoms with van der Waals surface area (Å²) in [7, 11) is 0. The zero-order valence-electron chi connectivity index (χ0n) is 9.95. The Hall–Kier alpha value is -1.21. The van der Waals surface area contributed by atoms with Crippen molar-refractivity contribution in [3.63, 3.8) is 0 Å². The van der Waals surface area contributed by atoms with Gasteiger partial charge < -0.3 is 10.1 Å². The van der Waals surface area contributed by atoms with Crippen LogP contribution in [0.15, 0.2) is 33.5 Å². The predicted octanol–water partition coefficient (Wildman–Crippen LogP) is 4.36. The molecule has 0 aliphatic carbocycles. The van der Waals surface area contributed by atoms with Gasteiger partial charge in [-0.3, -0.25) is 0 Å². The monoisotopic (exact) mass is 389 g/mol. The average molecular weight is 391 g/mol. The number of nitrogens with one attached hydrogen (secondary N) is 1. The molecule has 0 aliphatic rings. The Morgan fingerprint density at radius 1 is 1.32 bits per heavy atom. The molecule has 2 aromatic rings. The minimum absolute atomic E-state index is 0.327. The van der Waals surface area contributed by atoms with Gasteiger partial charge in [-0.25, -0.2) is 14.4 Å². The van der Waals surface area contributed by atoms with E-state index in [2.05, 4.69) is 47.1 Å². The second kappa shape index (κ2) is 6.29. The van der Waals surface area contributed by atoms with Crippen LogP contribution in [0.3, 0.4) is 0 Å². The van der Waals surface area contributed by atoms with Gasteiger partial charge in [-0.05, 0) is 50.9 Å². The lowest BCUT2D eigenvalue weighted by molar-refractivity contribution is 0.453. The lowest BCUT2D eigenvalue weighted by atomic mass is 10.3. The summed E-state index contributed by atoms with van der Waals surface area (Å²) in [5, 5.41) is 3.06. The van der Waals surface area contributed by atoms with Gasteiger partial charge in [-0.2, -0.15) is 0 Å². The summed E-state index contributed by atoms with van der Waals surface area (Å²) in [6.07, 6.45) is 1.38. The summed E-state index contributed by atoms with van der Waals surface area (Å²) in [6.45, 7) is 2.68. The van der Waals surface area contributed by atoms with Gasteiger partial charge in [-0.1, -0.05) is 0 Å². The molecule has 1 aromatic carbocycles. The van der Waals surface area contributed by atoms with Crippen LogP contribution in [-0.4, -0.2) is 16.5 Å². The van der Waals surface area contributed by atoms with Crippen molar-refractivity contribution in [1.29, 1.82) is 0 Å². The maximum Gasteiger partial charge on any atom is 0.238 e. The topological polar surface area (TPSA) is 47.0 Å². The van der Waals surface area contributed by atoms with Crippen LogP contribution >= 0.6 is 31.9 Å². The van der Waals surface area contributed by atoms with Crippen molar-refractivity contribution < 1.29 is 9.13 Å². The Kier molecular flexibility index (Phi) is 4.71. The third-order valence-electron chi connectivity index (χ3n) is 2.21. The molecule has 0 fully saturated rings. The molecule has 0 radical (unpaired) electrons. The molecule has 0 atom stereocenters. The molecule has 19 heavy (non-hydrogen) atoms. The molecular formula is C12H10Br2FN3O. The van der Waals surface area contributed by atoms with Gasteiger partial charge in [-0.15, -0.1) is 0 Å². The van der Waals surface area contributed by atoms with Gasteiger partial charge >= 0.3 is 0 Å². The van der Waals surface area contributed by atoms with Crippen molar-refractivity contribution in [1.82, 2.24) is 9.97 Å². The maximum atomic E-state index is 13.4. The first kappa shape index (κ1) is 14.2. The van der Waals surface area contributed by atoms with E-state index in [1.807, 2.05) is 6.92 Å². The zero-order valence-corrected chi connectivity index (χ0v) is 13.1. The molecule has 0 saturated heterocycles. The number of halogens is 3. The highest BCUT2D eigenvalue weighted by molar-refractivity contribution is 9.11. The van der Waals surface area contributed by atoms with Crippen LogP contribution in [0, 0.1) is 5.82 Å². The lowest BCUT2D eigenvalue weighted by Gasteiger charge is -2.10. The lowest BCUT2D eigenvalue weighted by Crippen LogP contribution is -2.02. The van der Waals surface area contributed by atoms with E-state index >= 15 is 0 Å². The van der Waals surface area contributed by atoms with Gasteiger partial charge in [0, 0.05) is 12.6 Å². The molecule has 100 valence electrons. The largest absolute Gasteiger partial charge is 0.438 e. The van der Waals surface area contributed by atoms with Gasteiger partial charge in [0.05, 0.1) is 4.47 Å². The van der Waals surface area contributed by atoms with Crippen LogP contribution in [0.25, 0.3) is 0 Å². The summed E-state index contributed by atoms with van der Waals surface area (Å²) < 4.78 is 19.9.